The van der Waals surface area contributed by atoms with Crippen molar-refractivity contribution in [1.82, 2.24) is 0 Å². The normalized spacial score (nSPS) is 14.1. The second kappa shape index (κ2) is 3.07. The quantitative estimate of drug-likeness (QED) is 0.537. The van der Waals surface area contributed by atoms with Crippen LogP contribution in [0.15, 0.2) is 12.3 Å². The van der Waals surface area contributed by atoms with E-state index in [9.17, 15) is 9.90 Å². The van der Waals surface area contributed by atoms with Crippen molar-refractivity contribution in [3.63, 3.8) is 0 Å². The van der Waals surface area contributed by atoms with E-state index in [4.69, 9.17) is 5.11 Å². The van der Waals surface area contributed by atoms with Crippen LogP contribution in [0.3, 0.4) is 0 Å². The molecule has 0 aromatic heterocycles. The first-order chi connectivity index (χ1) is 3.68. The van der Waals surface area contributed by atoms with E-state index in [0.717, 1.165) is 6.08 Å². The first-order valence-corrected chi connectivity index (χ1v) is 2.20. The maximum atomic E-state index is 9.90. The van der Waals surface area contributed by atoms with Crippen molar-refractivity contribution in [2.24, 2.45) is 5.92 Å². The fourth-order valence-electron chi connectivity index (χ4n) is 0.200. The lowest BCUT2D eigenvalue weighted by molar-refractivity contribution is -0.139. The Bertz CT molecular complexity index is 106. The molecule has 0 spiro atoms. The van der Waals surface area contributed by atoms with Gasteiger partial charge in [0, 0.05) is 0 Å². The van der Waals surface area contributed by atoms with E-state index >= 15 is 0 Å². The molecule has 0 aromatic carbocycles. The Labute approximate surface area is 47.3 Å². The minimum atomic E-state index is -0.975. The van der Waals surface area contributed by atoms with Crippen molar-refractivity contribution in [3.05, 3.63) is 12.3 Å². The third kappa shape index (κ3) is 2.23. The van der Waals surface area contributed by atoms with Gasteiger partial charge in [-0.2, -0.15) is 0 Å². The molecule has 0 saturated heterocycles. The zero-order valence-electron chi connectivity index (χ0n) is 4.50. The van der Waals surface area contributed by atoms with Crippen molar-refractivity contribution in [2.45, 2.75) is 6.92 Å². The molecule has 0 bridgehead atoms. The zero-order chi connectivity index (χ0) is 6.57. The first-order valence-electron chi connectivity index (χ1n) is 2.20. The van der Waals surface area contributed by atoms with E-state index in [2.05, 4.69) is 0 Å². The molecule has 0 aliphatic carbocycles. The van der Waals surface area contributed by atoms with E-state index < -0.39 is 11.9 Å². The summed E-state index contributed by atoms with van der Waals surface area (Å²) in [5, 5.41) is 17.7. The van der Waals surface area contributed by atoms with Gasteiger partial charge >= 0.3 is 5.97 Å². The highest BCUT2D eigenvalue weighted by Gasteiger charge is 2.04. The summed E-state index contributed by atoms with van der Waals surface area (Å²) >= 11 is 0. The largest absolute Gasteiger partial charge is 0.481 e. The van der Waals surface area contributed by atoms with Crippen LogP contribution in [0.5, 0.6) is 0 Å². The molecule has 1 N–H and O–H groups in total. The van der Waals surface area contributed by atoms with Crippen molar-refractivity contribution >= 4 is 5.97 Å². The lowest BCUT2D eigenvalue weighted by atomic mass is 10.2. The van der Waals surface area contributed by atoms with E-state index in [0.29, 0.717) is 6.26 Å². The van der Waals surface area contributed by atoms with E-state index in [1.165, 1.54) is 6.92 Å². The molecule has 1 atom stereocenters. The van der Waals surface area contributed by atoms with Crippen LogP contribution in [-0.4, -0.2) is 11.1 Å². The molecule has 8 heavy (non-hydrogen) atoms. The Morgan fingerprint density at radius 2 is 2.25 bits per heavy atom. The maximum absolute atomic E-state index is 9.90. The molecule has 0 aromatic rings. The number of carboxylic acids is 1. The Balaban J connectivity index is 3.64. The number of hydrogen-bond acceptors (Lipinski definition) is 1. The molecule has 0 heterocycles. The topological polar surface area (TPSA) is 57.2 Å². The van der Waals surface area contributed by atoms with Crippen molar-refractivity contribution in [2.75, 3.05) is 0 Å². The van der Waals surface area contributed by atoms with Crippen LogP contribution in [0.2, 0.25) is 0 Å². The molecule has 0 amide bonds. The van der Waals surface area contributed by atoms with Crippen LogP contribution < -0.4 is 0 Å². The summed E-state index contributed by atoms with van der Waals surface area (Å²) in [6.07, 6.45) is 1.57. The van der Waals surface area contributed by atoms with Gasteiger partial charge in [-0.25, -0.2) is 0 Å². The van der Waals surface area contributed by atoms with Crippen LogP contribution in [-0.2, 0) is 9.90 Å². The van der Waals surface area contributed by atoms with Gasteiger partial charge in [0.05, 0.1) is 5.92 Å². The zero-order valence-corrected chi connectivity index (χ0v) is 4.50. The minimum Gasteiger partial charge on any atom is -0.481 e. The monoisotopic (exact) mass is 115 g/mol. The highest BCUT2D eigenvalue weighted by molar-refractivity contribution is 5.71. The number of hydrogen-bond donors (Lipinski definition) is 1. The van der Waals surface area contributed by atoms with Crippen LogP contribution >= 0.6 is 0 Å². The smallest absolute Gasteiger partial charge is 0.310 e. The number of carboxylic acid groups (broad SMARTS) is 1. The molecule has 45 valence electrons. The van der Waals surface area contributed by atoms with Gasteiger partial charge in [0.25, 0.3) is 0 Å². The summed E-state index contributed by atoms with van der Waals surface area (Å²) in [7, 11) is 0. The Kier molecular flexibility index (Phi) is 2.69. The molecular weight excluding hydrogens is 108 g/mol. The maximum Gasteiger partial charge on any atom is 0.310 e. The molecular formula is C5H7O3. The minimum absolute atomic E-state index is 0.485. The molecule has 1 radical (unpaired) electrons. The van der Waals surface area contributed by atoms with Crippen LogP contribution in [0.4, 0.5) is 0 Å². The summed E-state index contributed by atoms with van der Waals surface area (Å²) in [4.78, 5) is 9.90. The number of rotatable bonds is 2. The molecule has 0 rings (SSSR count). The van der Waals surface area contributed by atoms with Gasteiger partial charge < -0.3 is 5.11 Å². The molecule has 0 aliphatic rings. The third-order valence-corrected chi connectivity index (χ3v) is 0.757. The Morgan fingerprint density at radius 3 is 2.38 bits per heavy atom. The average Bonchev–Trinajstić information content (AvgIpc) is 1.67. The molecule has 0 aliphatic heterocycles. The molecule has 1 unspecified atom stereocenters. The van der Waals surface area contributed by atoms with Gasteiger partial charge in [0.1, 0.15) is 6.26 Å². The second-order valence-electron chi connectivity index (χ2n) is 1.46. The average molecular weight is 115 g/mol. The van der Waals surface area contributed by atoms with Gasteiger partial charge in [-0.3, -0.25) is 9.90 Å². The summed E-state index contributed by atoms with van der Waals surface area (Å²) in [6.45, 7) is 1.44. The van der Waals surface area contributed by atoms with Crippen LogP contribution in [0.25, 0.3) is 0 Å². The number of aliphatic carboxylic acids is 1. The number of carbonyl (C=O) groups is 1. The van der Waals surface area contributed by atoms with Crippen LogP contribution in [0, 0.1) is 5.92 Å². The molecule has 0 fully saturated rings. The highest BCUT2D eigenvalue weighted by atomic mass is 16.4. The summed E-state index contributed by atoms with van der Waals surface area (Å²) in [5.74, 6) is -1.63. The summed E-state index contributed by atoms with van der Waals surface area (Å²) in [6, 6.07) is 0. The Hall–Kier alpha value is -0.990. The van der Waals surface area contributed by atoms with Gasteiger partial charge in [-0.05, 0) is 13.0 Å². The molecule has 3 heteroatoms. The van der Waals surface area contributed by atoms with Gasteiger partial charge in [0.15, 0.2) is 0 Å². The van der Waals surface area contributed by atoms with Crippen molar-refractivity contribution < 1.29 is 15.0 Å². The third-order valence-electron chi connectivity index (χ3n) is 0.757. The van der Waals surface area contributed by atoms with Gasteiger partial charge in [-0.15, -0.1) is 0 Å². The second-order valence-corrected chi connectivity index (χ2v) is 1.46. The SMILES string of the molecule is CC(C=C[O])C(=O)O. The molecule has 0 saturated carbocycles. The highest BCUT2D eigenvalue weighted by Crippen LogP contribution is 1.94. The van der Waals surface area contributed by atoms with E-state index in [-0.39, 0.29) is 0 Å². The Morgan fingerprint density at radius 1 is 1.75 bits per heavy atom. The standard InChI is InChI=1S/C5H7O3/c1-4(2-3-6)5(7)8/h2-4H,1H3,(H,7,8). The fraction of sp³-hybridized carbons (Fsp3) is 0.400. The lowest BCUT2D eigenvalue weighted by Crippen LogP contribution is -2.05. The fourth-order valence-corrected chi connectivity index (χ4v) is 0.200. The summed E-state index contributed by atoms with van der Waals surface area (Å²) in [5.41, 5.74) is 0. The lowest BCUT2D eigenvalue weighted by Gasteiger charge is -1.92. The predicted molar refractivity (Wildman–Crippen MR) is 26.6 cm³/mol. The summed E-state index contributed by atoms with van der Waals surface area (Å²) < 4.78 is 0. The molecule has 3 nitrogen and oxygen atoms in total. The van der Waals surface area contributed by atoms with Crippen LogP contribution in [0.1, 0.15) is 6.92 Å². The van der Waals surface area contributed by atoms with E-state index in [1.807, 2.05) is 0 Å². The van der Waals surface area contributed by atoms with Gasteiger partial charge in [-0.1, -0.05) is 0 Å². The van der Waals surface area contributed by atoms with E-state index in [1.54, 1.807) is 0 Å². The van der Waals surface area contributed by atoms with Crippen molar-refractivity contribution in [1.29, 1.82) is 0 Å². The first kappa shape index (κ1) is 7.01. The van der Waals surface area contributed by atoms with Crippen molar-refractivity contribution in [3.8, 4) is 0 Å². The van der Waals surface area contributed by atoms with Gasteiger partial charge in [0.2, 0.25) is 0 Å². The predicted octanol–water partition coefficient (Wildman–Crippen LogP) is 0.651.